The molecule has 0 amide bonds. The predicted molar refractivity (Wildman–Crippen MR) is 85.2 cm³/mol. The number of nitrogens with zero attached hydrogens (tertiary/aromatic N) is 4. The van der Waals surface area contributed by atoms with Gasteiger partial charge in [0.1, 0.15) is 0 Å². The van der Waals surface area contributed by atoms with Crippen molar-refractivity contribution in [1.29, 1.82) is 0 Å². The summed E-state index contributed by atoms with van der Waals surface area (Å²) in [5, 5.41) is 4.19. The Morgan fingerprint density at radius 3 is 2.48 bits per heavy atom. The van der Waals surface area contributed by atoms with Crippen LogP contribution < -0.4 is 10.6 Å². The van der Waals surface area contributed by atoms with Crippen LogP contribution in [-0.2, 0) is 7.05 Å². The van der Waals surface area contributed by atoms with E-state index in [0.717, 1.165) is 38.3 Å². The average Bonchev–Trinajstić information content (AvgIpc) is 2.96. The second-order valence-corrected chi connectivity index (χ2v) is 5.68. The minimum Gasteiger partial charge on any atom is -0.369 e. The molecule has 112 valence electrons. The minimum absolute atomic E-state index is 0.0435. The van der Waals surface area contributed by atoms with E-state index >= 15 is 0 Å². The van der Waals surface area contributed by atoms with Crippen LogP contribution in [-0.4, -0.2) is 47.4 Å². The number of nitrogens with two attached hydrogens (primary N) is 1. The third-order valence-electron chi connectivity index (χ3n) is 4.10. The molecule has 1 aromatic heterocycles. The maximum atomic E-state index is 6.28. The largest absolute Gasteiger partial charge is 0.369 e. The molecule has 0 saturated carbocycles. The molecule has 1 fully saturated rings. The number of hydrogen-bond acceptors (Lipinski definition) is 4. The van der Waals surface area contributed by atoms with E-state index in [1.54, 1.807) is 0 Å². The maximum absolute atomic E-state index is 6.28. The van der Waals surface area contributed by atoms with Crippen LogP contribution in [0.5, 0.6) is 0 Å². The highest BCUT2D eigenvalue weighted by Crippen LogP contribution is 2.17. The molecule has 0 spiro atoms. The zero-order chi connectivity index (χ0) is 14.7. The molecule has 0 aliphatic carbocycles. The zero-order valence-corrected chi connectivity index (χ0v) is 12.5. The van der Waals surface area contributed by atoms with Gasteiger partial charge in [-0.2, -0.15) is 5.10 Å². The minimum atomic E-state index is 0.0435. The Hall–Kier alpha value is -1.85. The molecule has 2 heterocycles. The summed E-state index contributed by atoms with van der Waals surface area (Å²) in [6.45, 7) is 5.13. The van der Waals surface area contributed by atoms with Gasteiger partial charge in [-0.15, -0.1) is 0 Å². The summed E-state index contributed by atoms with van der Waals surface area (Å²) in [6.07, 6.45) is 3.87. The van der Waals surface area contributed by atoms with Gasteiger partial charge in [-0.05, 0) is 12.1 Å². The van der Waals surface area contributed by atoms with Crippen LogP contribution >= 0.6 is 0 Å². The van der Waals surface area contributed by atoms with Gasteiger partial charge in [0.25, 0.3) is 0 Å². The van der Waals surface area contributed by atoms with Gasteiger partial charge in [-0.25, -0.2) is 0 Å². The normalized spacial score (nSPS) is 17.9. The van der Waals surface area contributed by atoms with E-state index in [0.29, 0.717) is 0 Å². The lowest BCUT2D eigenvalue weighted by Crippen LogP contribution is -2.48. The lowest BCUT2D eigenvalue weighted by atomic mass is 10.1. The van der Waals surface area contributed by atoms with E-state index < -0.39 is 0 Å². The fraction of sp³-hybridized carbons (Fsp3) is 0.438. The van der Waals surface area contributed by atoms with E-state index in [-0.39, 0.29) is 6.04 Å². The van der Waals surface area contributed by atoms with Gasteiger partial charge >= 0.3 is 0 Å². The Morgan fingerprint density at radius 2 is 1.86 bits per heavy atom. The van der Waals surface area contributed by atoms with Crippen molar-refractivity contribution in [3.63, 3.8) is 0 Å². The van der Waals surface area contributed by atoms with Crippen molar-refractivity contribution in [3.8, 4) is 0 Å². The quantitative estimate of drug-likeness (QED) is 0.918. The van der Waals surface area contributed by atoms with Gasteiger partial charge in [-0.1, -0.05) is 18.2 Å². The third-order valence-corrected chi connectivity index (χ3v) is 4.10. The molecule has 1 aromatic carbocycles. The number of aromatic nitrogens is 2. The Morgan fingerprint density at radius 1 is 1.14 bits per heavy atom. The monoisotopic (exact) mass is 285 g/mol. The standard InChI is InChI=1S/C16H23N5/c1-19-12-14(11-18-19)16(17)13-20-7-9-21(10-8-20)15-5-3-2-4-6-15/h2-6,11-12,16H,7-10,13,17H2,1H3. The molecule has 0 bridgehead atoms. The maximum Gasteiger partial charge on any atom is 0.0537 e. The summed E-state index contributed by atoms with van der Waals surface area (Å²) in [5.41, 5.74) is 8.70. The molecule has 2 N–H and O–H groups in total. The van der Waals surface area contributed by atoms with E-state index in [1.807, 2.05) is 24.1 Å². The van der Waals surface area contributed by atoms with Crippen LogP contribution in [0.25, 0.3) is 0 Å². The molecule has 1 atom stereocenters. The first kappa shape index (κ1) is 14.1. The summed E-state index contributed by atoms with van der Waals surface area (Å²) < 4.78 is 1.81. The molecule has 1 saturated heterocycles. The molecule has 3 rings (SSSR count). The Labute approximate surface area is 126 Å². The molecule has 1 aliphatic rings. The highest BCUT2D eigenvalue weighted by atomic mass is 15.3. The summed E-state index contributed by atoms with van der Waals surface area (Å²) in [5.74, 6) is 0. The highest BCUT2D eigenvalue weighted by molar-refractivity contribution is 5.46. The summed E-state index contributed by atoms with van der Waals surface area (Å²) >= 11 is 0. The van der Waals surface area contributed by atoms with E-state index in [2.05, 4.69) is 45.2 Å². The molecule has 5 heteroatoms. The van der Waals surface area contributed by atoms with Gasteiger partial charge in [0.15, 0.2) is 0 Å². The smallest absolute Gasteiger partial charge is 0.0537 e. The number of hydrogen-bond donors (Lipinski definition) is 1. The first-order valence-corrected chi connectivity index (χ1v) is 7.49. The van der Waals surface area contributed by atoms with Crippen molar-refractivity contribution >= 4 is 5.69 Å². The summed E-state index contributed by atoms with van der Waals surface area (Å²) in [4.78, 5) is 4.88. The van der Waals surface area contributed by atoms with Crippen LogP contribution in [0, 0.1) is 0 Å². The van der Waals surface area contributed by atoms with Crippen molar-refractivity contribution in [3.05, 3.63) is 48.3 Å². The van der Waals surface area contributed by atoms with Crippen LogP contribution in [0.4, 0.5) is 5.69 Å². The van der Waals surface area contributed by atoms with E-state index in [9.17, 15) is 0 Å². The van der Waals surface area contributed by atoms with Crippen LogP contribution in [0.2, 0.25) is 0 Å². The first-order valence-electron chi connectivity index (χ1n) is 7.49. The molecule has 1 aliphatic heterocycles. The number of aryl methyl sites for hydroxylation is 1. The topological polar surface area (TPSA) is 50.3 Å². The van der Waals surface area contributed by atoms with Gasteiger partial charge in [0, 0.05) is 63.3 Å². The number of rotatable bonds is 4. The SMILES string of the molecule is Cn1cc(C(N)CN2CCN(c3ccccc3)CC2)cn1. The predicted octanol–water partition coefficient (Wildman–Crippen LogP) is 1.24. The number of benzene rings is 1. The zero-order valence-electron chi connectivity index (χ0n) is 12.5. The van der Waals surface area contributed by atoms with Crippen LogP contribution in [0.1, 0.15) is 11.6 Å². The highest BCUT2D eigenvalue weighted by Gasteiger charge is 2.19. The fourth-order valence-electron chi connectivity index (χ4n) is 2.84. The van der Waals surface area contributed by atoms with Crippen LogP contribution in [0.3, 0.4) is 0 Å². The van der Waals surface area contributed by atoms with Gasteiger partial charge in [0.05, 0.1) is 6.20 Å². The van der Waals surface area contributed by atoms with Crippen molar-refractivity contribution in [1.82, 2.24) is 14.7 Å². The first-order chi connectivity index (χ1) is 10.2. The Bertz CT molecular complexity index is 557. The fourth-order valence-corrected chi connectivity index (χ4v) is 2.84. The van der Waals surface area contributed by atoms with E-state index in [1.165, 1.54) is 5.69 Å². The molecule has 2 aromatic rings. The van der Waals surface area contributed by atoms with E-state index in [4.69, 9.17) is 5.73 Å². The second kappa shape index (κ2) is 6.28. The third kappa shape index (κ3) is 3.43. The molecule has 0 radical (unpaired) electrons. The summed E-state index contributed by atoms with van der Waals surface area (Å²) in [6, 6.07) is 10.7. The lowest BCUT2D eigenvalue weighted by molar-refractivity contribution is 0.243. The number of para-hydroxylation sites is 1. The molecule has 1 unspecified atom stereocenters. The van der Waals surface area contributed by atoms with Crippen molar-refractivity contribution in [2.24, 2.45) is 12.8 Å². The van der Waals surface area contributed by atoms with Gasteiger partial charge in [-0.3, -0.25) is 9.58 Å². The van der Waals surface area contributed by atoms with Gasteiger partial charge < -0.3 is 10.6 Å². The summed E-state index contributed by atoms with van der Waals surface area (Å²) in [7, 11) is 1.93. The molecular weight excluding hydrogens is 262 g/mol. The average molecular weight is 285 g/mol. The van der Waals surface area contributed by atoms with Crippen LogP contribution in [0.15, 0.2) is 42.7 Å². The van der Waals surface area contributed by atoms with Crippen molar-refractivity contribution in [2.75, 3.05) is 37.6 Å². The second-order valence-electron chi connectivity index (χ2n) is 5.68. The lowest BCUT2D eigenvalue weighted by Gasteiger charge is -2.37. The van der Waals surface area contributed by atoms with Crippen molar-refractivity contribution in [2.45, 2.75) is 6.04 Å². The van der Waals surface area contributed by atoms with Crippen molar-refractivity contribution < 1.29 is 0 Å². The Balaban J connectivity index is 1.52. The molecule has 21 heavy (non-hydrogen) atoms. The number of anilines is 1. The molecular formula is C16H23N5. The number of piperazine rings is 1. The molecule has 5 nitrogen and oxygen atoms in total. The van der Waals surface area contributed by atoms with Gasteiger partial charge in [0.2, 0.25) is 0 Å². The Kier molecular flexibility index (Phi) is 4.22.